The van der Waals surface area contributed by atoms with Crippen molar-refractivity contribution in [2.75, 3.05) is 6.61 Å². The molecule has 108 valence electrons. The fourth-order valence-electron chi connectivity index (χ4n) is 4.84. The Labute approximate surface area is 114 Å². The number of fused-ring (bicyclic) bond motifs is 3. The third kappa shape index (κ3) is 1.76. The zero-order valence-electron chi connectivity index (χ0n) is 11.7. The highest BCUT2D eigenvalue weighted by molar-refractivity contribution is 5.75. The first-order valence-electron chi connectivity index (χ1n) is 7.48. The van der Waals surface area contributed by atoms with Crippen molar-refractivity contribution in [2.24, 2.45) is 29.1 Å². The monoisotopic (exact) mass is 268 g/mol. The van der Waals surface area contributed by atoms with E-state index in [0.717, 1.165) is 25.7 Å². The lowest BCUT2D eigenvalue weighted by Crippen LogP contribution is -2.56. The Bertz CT molecular complexity index is 382. The molecule has 2 N–H and O–H groups in total. The minimum Gasteiger partial charge on any atom is -0.462 e. The number of hydrogen-bond donors (Lipinski definition) is 2. The standard InChI is InChI=1S/C15H24O4/c1-8-10-5-6-15(2)11(17)4-3-9(7-16)12(15)13(10)19-14(8)18/h8-13,16-17H,3-7H2,1-2H3. The highest BCUT2D eigenvalue weighted by atomic mass is 16.6. The molecule has 19 heavy (non-hydrogen) atoms. The van der Waals surface area contributed by atoms with Gasteiger partial charge in [-0.25, -0.2) is 0 Å². The van der Waals surface area contributed by atoms with E-state index in [1.54, 1.807) is 0 Å². The summed E-state index contributed by atoms with van der Waals surface area (Å²) in [4.78, 5) is 11.8. The fraction of sp³-hybridized carbons (Fsp3) is 0.933. The maximum absolute atomic E-state index is 11.8. The van der Waals surface area contributed by atoms with Crippen molar-refractivity contribution in [1.29, 1.82) is 0 Å². The van der Waals surface area contributed by atoms with E-state index in [-0.39, 0.29) is 53.9 Å². The second kappa shape index (κ2) is 4.45. The Morgan fingerprint density at radius 1 is 1.37 bits per heavy atom. The Morgan fingerprint density at radius 2 is 2.11 bits per heavy atom. The molecule has 0 amide bonds. The van der Waals surface area contributed by atoms with Crippen LogP contribution >= 0.6 is 0 Å². The number of hydrogen-bond acceptors (Lipinski definition) is 4. The zero-order valence-corrected chi connectivity index (χ0v) is 11.7. The third-order valence-corrected chi connectivity index (χ3v) is 6.13. The summed E-state index contributed by atoms with van der Waals surface area (Å²) in [5.74, 6) is 0.391. The van der Waals surface area contributed by atoms with Gasteiger partial charge in [-0.05, 0) is 31.6 Å². The van der Waals surface area contributed by atoms with Gasteiger partial charge in [-0.3, -0.25) is 4.79 Å². The van der Waals surface area contributed by atoms with Crippen LogP contribution in [0.4, 0.5) is 0 Å². The highest BCUT2D eigenvalue weighted by Crippen LogP contribution is 2.57. The minimum absolute atomic E-state index is 0.0343. The molecule has 0 bridgehead atoms. The summed E-state index contributed by atoms with van der Waals surface area (Å²) in [6.45, 7) is 4.18. The summed E-state index contributed by atoms with van der Waals surface area (Å²) in [7, 11) is 0. The Hall–Kier alpha value is -0.610. The predicted octanol–water partition coefficient (Wildman–Crippen LogP) is 1.34. The van der Waals surface area contributed by atoms with Gasteiger partial charge in [0.15, 0.2) is 0 Å². The summed E-state index contributed by atoms with van der Waals surface area (Å²) >= 11 is 0. The number of ether oxygens (including phenoxy) is 1. The summed E-state index contributed by atoms with van der Waals surface area (Å²) < 4.78 is 5.63. The van der Waals surface area contributed by atoms with Crippen LogP contribution in [0.1, 0.15) is 39.5 Å². The first kappa shape index (κ1) is 13.4. The normalized spacial score (nSPS) is 53.4. The van der Waals surface area contributed by atoms with Gasteiger partial charge in [0.2, 0.25) is 0 Å². The Balaban J connectivity index is 1.95. The molecule has 0 aromatic heterocycles. The van der Waals surface area contributed by atoms with E-state index < -0.39 is 0 Å². The molecule has 4 heteroatoms. The first-order chi connectivity index (χ1) is 8.99. The molecule has 2 aliphatic carbocycles. The molecule has 1 heterocycles. The van der Waals surface area contributed by atoms with Gasteiger partial charge in [-0.15, -0.1) is 0 Å². The topological polar surface area (TPSA) is 66.8 Å². The van der Waals surface area contributed by atoms with E-state index >= 15 is 0 Å². The van der Waals surface area contributed by atoms with E-state index in [0.29, 0.717) is 0 Å². The quantitative estimate of drug-likeness (QED) is 0.704. The maximum atomic E-state index is 11.8. The van der Waals surface area contributed by atoms with Crippen LogP contribution in [0.3, 0.4) is 0 Å². The Morgan fingerprint density at radius 3 is 2.79 bits per heavy atom. The number of aliphatic hydroxyl groups excluding tert-OH is 2. The smallest absolute Gasteiger partial charge is 0.309 e. The molecule has 1 saturated heterocycles. The molecule has 0 radical (unpaired) electrons. The maximum Gasteiger partial charge on any atom is 0.309 e. The van der Waals surface area contributed by atoms with Crippen LogP contribution in [0.15, 0.2) is 0 Å². The van der Waals surface area contributed by atoms with Crippen molar-refractivity contribution in [1.82, 2.24) is 0 Å². The number of aliphatic hydroxyl groups is 2. The summed E-state index contributed by atoms with van der Waals surface area (Å²) in [6, 6.07) is 0. The van der Waals surface area contributed by atoms with Crippen molar-refractivity contribution < 1.29 is 19.7 Å². The second-order valence-electron chi connectivity index (χ2n) is 6.96. The van der Waals surface area contributed by atoms with Gasteiger partial charge in [0, 0.05) is 23.9 Å². The van der Waals surface area contributed by atoms with Crippen molar-refractivity contribution in [2.45, 2.75) is 51.7 Å². The summed E-state index contributed by atoms with van der Waals surface area (Å²) in [5.41, 5.74) is -0.211. The number of esters is 1. The molecule has 7 atom stereocenters. The van der Waals surface area contributed by atoms with Gasteiger partial charge in [-0.2, -0.15) is 0 Å². The van der Waals surface area contributed by atoms with Crippen molar-refractivity contribution in [3.63, 3.8) is 0 Å². The van der Waals surface area contributed by atoms with Gasteiger partial charge >= 0.3 is 5.97 Å². The fourth-order valence-corrected chi connectivity index (χ4v) is 4.84. The van der Waals surface area contributed by atoms with E-state index in [4.69, 9.17) is 4.74 Å². The van der Waals surface area contributed by atoms with Crippen LogP contribution in [0.25, 0.3) is 0 Å². The lowest BCUT2D eigenvalue weighted by Gasteiger charge is -2.55. The lowest BCUT2D eigenvalue weighted by atomic mass is 9.52. The average molecular weight is 268 g/mol. The third-order valence-electron chi connectivity index (χ3n) is 6.13. The zero-order chi connectivity index (χ0) is 13.8. The molecule has 1 aliphatic heterocycles. The van der Waals surface area contributed by atoms with Crippen LogP contribution < -0.4 is 0 Å². The van der Waals surface area contributed by atoms with Gasteiger partial charge in [0.05, 0.1) is 12.0 Å². The van der Waals surface area contributed by atoms with Crippen LogP contribution in [-0.2, 0) is 9.53 Å². The highest BCUT2D eigenvalue weighted by Gasteiger charge is 2.60. The number of rotatable bonds is 1. The van der Waals surface area contributed by atoms with Crippen LogP contribution in [0.2, 0.25) is 0 Å². The van der Waals surface area contributed by atoms with E-state index in [1.165, 1.54) is 0 Å². The van der Waals surface area contributed by atoms with Crippen LogP contribution in [0.5, 0.6) is 0 Å². The molecule has 7 unspecified atom stereocenters. The number of carbonyl (C=O) groups excluding carboxylic acids is 1. The molecule has 2 saturated carbocycles. The van der Waals surface area contributed by atoms with Crippen LogP contribution in [0, 0.1) is 29.1 Å². The van der Waals surface area contributed by atoms with Crippen LogP contribution in [-0.4, -0.2) is 35.0 Å². The summed E-state index contributed by atoms with van der Waals surface area (Å²) in [6.07, 6.45) is 3.01. The molecule has 3 aliphatic rings. The van der Waals surface area contributed by atoms with Gasteiger partial charge in [0.1, 0.15) is 6.10 Å². The molecule has 0 aromatic rings. The van der Waals surface area contributed by atoms with E-state index in [2.05, 4.69) is 6.92 Å². The molecule has 3 fully saturated rings. The van der Waals surface area contributed by atoms with Crippen molar-refractivity contribution in [3.05, 3.63) is 0 Å². The first-order valence-corrected chi connectivity index (χ1v) is 7.48. The van der Waals surface area contributed by atoms with E-state index in [1.807, 2.05) is 6.92 Å². The predicted molar refractivity (Wildman–Crippen MR) is 69.2 cm³/mol. The summed E-state index contributed by atoms with van der Waals surface area (Å²) in [5, 5.41) is 20.1. The molecule has 3 rings (SSSR count). The second-order valence-corrected chi connectivity index (χ2v) is 6.96. The SMILES string of the molecule is CC1C(=O)OC2C1CCC1(C)C(O)CCC(CO)C21. The lowest BCUT2D eigenvalue weighted by molar-refractivity contribution is -0.171. The molecular formula is C15H24O4. The molecular weight excluding hydrogens is 244 g/mol. The van der Waals surface area contributed by atoms with Crippen molar-refractivity contribution >= 4 is 5.97 Å². The van der Waals surface area contributed by atoms with Gasteiger partial charge in [0.25, 0.3) is 0 Å². The average Bonchev–Trinajstić information content (AvgIpc) is 2.67. The van der Waals surface area contributed by atoms with Crippen molar-refractivity contribution in [3.8, 4) is 0 Å². The largest absolute Gasteiger partial charge is 0.462 e. The molecule has 0 aromatic carbocycles. The number of carbonyl (C=O) groups is 1. The van der Waals surface area contributed by atoms with Gasteiger partial charge < -0.3 is 14.9 Å². The minimum atomic E-state index is -0.337. The Kier molecular flexibility index (Phi) is 3.13. The van der Waals surface area contributed by atoms with Gasteiger partial charge in [-0.1, -0.05) is 13.8 Å². The molecule has 4 nitrogen and oxygen atoms in total. The van der Waals surface area contributed by atoms with E-state index in [9.17, 15) is 15.0 Å². The molecule has 0 spiro atoms.